The number of rotatable bonds is 5. The number of piperazine rings is 1. The fourth-order valence-corrected chi connectivity index (χ4v) is 4.00. The second-order valence-electron chi connectivity index (χ2n) is 6.59. The van der Waals surface area contributed by atoms with Gasteiger partial charge in [-0.3, -0.25) is 4.90 Å². The van der Waals surface area contributed by atoms with E-state index in [1.54, 1.807) is 11.3 Å². The van der Waals surface area contributed by atoms with Crippen molar-refractivity contribution in [3.63, 3.8) is 0 Å². The van der Waals surface area contributed by atoms with Crippen molar-refractivity contribution in [3.8, 4) is 0 Å². The molecule has 1 N–H and O–H groups in total. The van der Waals surface area contributed by atoms with Gasteiger partial charge in [0.1, 0.15) is 5.01 Å². The van der Waals surface area contributed by atoms with Gasteiger partial charge in [-0.05, 0) is 19.4 Å². The number of nitrogens with zero attached hydrogens (tertiary/aromatic N) is 4. The Labute approximate surface area is 141 Å². The Balaban J connectivity index is 1.67. The molecule has 3 rings (SSSR count). The van der Waals surface area contributed by atoms with E-state index in [1.165, 1.54) is 5.56 Å². The van der Waals surface area contributed by atoms with Gasteiger partial charge < -0.3 is 10.0 Å². The molecule has 1 aliphatic heterocycles. The molecular formula is C17H24N4OS. The van der Waals surface area contributed by atoms with Crippen LogP contribution in [-0.2, 0) is 6.42 Å². The predicted molar refractivity (Wildman–Crippen MR) is 94.1 cm³/mol. The van der Waals surface area contributed by atoms with Crippen molar-refractivity contribution >= 4 is 16.5 Å². The van der Waals surface area contributed by atoms with Crippen LogP contribution in [0.2, 0.25) is 0 Å². The third-order valence-corrected chi connectivity index (χ3v) is 5.35. The molecule has 2 heterocycles. The van der Waals surface area contributed by atoms with Crippen LogP contribution in [0.1, 0.15) is 24.4 Å². The topological polar surface area (TPSA) is 52.5 Å². The number of aliphatic hydroxyl groups excluding tert-OH is 1. The highest BCUT2D eigenvalue weighted by atomic mass is 32.1. The lowest BCUT2D eigenvalue weighted by Crippen LogP contribution is -2.60. The molecule has 1 aromatic carbocycles. The van der Waals surface area contributed by atoms with E-state index < -0.39 is 0 Å². The SMILES string of the molecule is CC1(C)CN(c2nnc(Cc3ccccc3)s2)CCN1CCO. The molecule has 6 heteroatoms. The fraction of sp³-hybridized carbons (Fsp3) is 0.529. The van der Waals surface area contributed by atoms with Crippen LogP contribution < -0.4 is 4.90 Å². The molecule has 0 unspecified atom stereocenters. The summed E-state index contributed by atoms with van der Waals surface area (Å²) in [5.74, 6) is 0. The summed E-state index contributed by atoms with van der Waals surface area (Å²) in [4.78, 5) is 4.66. The van der Waals surface area contributed by atoms with E-state index in [2.05, 4.69) is 58.1 Å². The largest absolute Gasteiger partial charge is 0.395 e. The number of aliphatic hydroxyl groups is 1. The average molecular weight is 332 g/mol. The molecule has 124 valence electrons. The molecular weight excluding hydrogens is 308 g/mol. The molecule has 2 aromatic rings. The number of hydrogen-bond donors (Lipinski definition) is 1. The molecule has 0 radical (unpaired) electrons. The van der Waals surface area contributed by atoms with Crippen molar-refractivity contribution in [1.82, 2.24) is 15.1 Å². The van der Waals surface area contributed by atoms with E-state index in [4.69, 9.17) is 0 Å². The lowest BCUT2D eigenvalue weighted by molar-refractivity contribution is 0.0812. The summed E-state index contributed by atoms with van der Waals surface area (Å²) < 4.78 is 0. The molecule has 0 atom stereocenters. The number of anilines is 1. The minimum atomic E-state index is 0.0340. The zero-order chi connectivity index (χ0) is 16.3. The minimum absolute atomic E-state index is 0.0340. The zero-order valence-corrected chi connectivity index (χ0v) is 14.6. The zero-order valence-electron chi connectivity index (χ0n) is 13.8. The Bertz CT molecular complexity index is 629. The van der Waals surface area contributed by atoms with Crippen molar-refractivity contribution in [1.29, 1.82) is 0 Å². The van der Waals surface area contributed by atoms with E-state index in [0.29, 0.717) is 0 Å². The summed E-state index contributed by atoms with van der Waals surface area (Å²) in [6.07, 6.45) is 0.840. The van der Waals surface area contributed by atoms with Crippen molar-refractivity contribution < 1.29 is 5.11 Å². The maximum absolute atomic E-state index is 9.20. The number of aromatic nitrogens is 2. The van der Waals surface area contributed by atoms with E-state index in [-0.39, 0.29) is 12.1 Å². The highest BCUT2D eigenvalue weighted by molar-refractivity contribution is 7.15. The van der Waals surface area contributed by atoms with Crippen molar-refractivity contribution in [2.24, 2.45) is 0 Å². The quantitative estimate of drug-likeness (QED) is 0.908. The highest BCUT2D eigenvalue weighted by Gasteiger charge is 2.34. The summed E-state index contributed by atoms with van der Waals surface area (Å²) in [6.45, 7) is 8.18. The molecule has 1 saturated heterocycles. The number of β-amino-alcohol motifs (C(OH)–C–C–N with tert-alkyl or cyclic N) is 1. The summed E-state index contributed by atoms with van der Waals surface area (Å²) in [7, 11) is 0. The van der Waals surface area contributed by atoms with Gasteiger partial charge in [-0.25, -0.2) is 0 Å². The van der Waals surface area contributed by atoms with Crippen LogP contribution >= 0.6 is 11.3 Å². The second-order valence-corrected chi connectivity index (χ2v) is 7.63. The molecule has 5 nitrogen and oxygen atoms in total. The average Bonchev–Trinajstić information content (AvgIpc) is 2.99. The molecule has 0 aliphatic carbocycles. The monoisotopic (exact) mass is 332 g/mol. The van der Waals surface area contributed by atoms with Gasteiger partial charge in [0.15, 0.2) is 0 Å². The second kappa shape index (κ2) is 6.95. The fourth-order valence-electron chi connectivity index (χ4n) is 3.10. The van der Waals surface area contributed by atoms with Gasteiger partial charge >= 0.3 is 0 Å². The van der Waals surface area contributed by atoms with Crippen LogP contribution in [0.5, 0.6) is 0 Å². The first kappa shape index (κ1) is 16.4. The van der Waals surface area contributed by atoms with Crippen LogP contribution in [-0.4, -0.2) is 58.5 Å². The Kier molecular flexibility index (Phi) is 4.94. The van der Waals surface area contributed by atoms with Gasteiger partial charge in [0, 0.05) is 38.1 Å². The molecule has 1 fully saturated rings. The highest BCUT2D eigenvalue weighted by Crippen LogP contribution is 2.28. The van der Waals surface area contributed by atoms with Crippen molar-refractivity contribution in [2.75, 3.05) is 37.7 Å². The minimum Gasteiger partial charge on any atom is -0.395 e. The van der Waals surface area contributed by atoms with Crippen LogP contribution in [0.15, 0.2) is 30.3 Å². The smallest absolute Gasteiger partial charge is 0.208 e. The Morgan fingerprint density at radius 3 is 2.65 bits per heavy atom. The predicted octanol–water partition coefficient (Wildman–Crippen LogP) is 2.02. The van der Waals surface area contributed by atoms with Crippen LogP contribution in [0.25, 0.3) is 0 Å². The Morgan fingerprint density at radius 1 is 1.17 bits per heavy atom. The van der Waals surface area contributed by atoms with Gasteiger partial charge in [0.05, 0.1) is 6.61 Å². The molecule has 0 saturated carbocycles. The molecule has 1 aliphatic rings. The summed E-state index contributed by atoms with van der Waals surface area (Å²) in [6, 6.07) is 10.4. The van der Waals surface area contributed by atoms with E-state index in [0.717, 1.165) is 42.7 Å². The van der Waals surface area contributed by atoms with Gasteiger partial charge in [-0.2, -0.15) is 0 Å². The van der Waals surface area contributed by atoms with Crippen molar-refractivity contribution in [2.45, 2.75) is 25.8 Å². The van der Waals surface area contributed by atoms with E-state index in [1.807, 2.05) is 6.07 Å². The van der Waals surface area contributed by atoms with Crippen molar-refractivity contribution in [3.05, 3.63) is 40.9 Å². The molecule has 0 amide bonds. The lowest BCUT2D eigenvalue weighted by Gasteiger charge is -2.46. The van der Waals surface area contributed by atoms with Gasteiger partial charge in [-0.15, -0.1) is 10.2 Å². The Hall–Kier alpha value is -1.50. The van der Waals surface area contributed by atoms with Gasteiger partial charge in [0.25, 0.3) is 0 Å². The third kappa shape index (κ3) is 3.88. The first-order chi connectivity index (χ1) is 11.1. The molecule has 0 bridgehead atoms. The van der Waals surface area contributed by atoms with E-state index >= 15 is 0 Å². The van der Waals surface area contributed by atoms with Gasteiger partial charge in [0.2, 0.25) is 5.13 Å². The van der Waals surface area contributed by atoms with Crippen LogP contribution in [0.3, 0.4) is 0 Å². The third-order valence-electron chi connectivity index (χ3n) is 4.37. The number of benzene rings is 1. The molecule has 1 aromatic heterocycles. The molecule has 0 spiro atoms. The Morgan fingerprint density at radius 2 is 1.96 bits per heavy atom. The first-order valence-corrected chi connectivity index (χ1v) is 8.87. The normalized spacial score (nSPS) is 18.3. The van der Waals surface area contributed by atoms with Gasteiger partial charge in [-0.1, -0.05) is 41.7 Å². The lowest BCUT2D eigenvalue weighted by atomic mass is 9.99. The standard InChI is InChI=1S/C17H24N4OS/c1-17(2)13-20(8-9-21(17)10-11-22)16-19-18-15(23-16)12-14-6-4-3-5-7-14/h3-7,22H,8-13H2,1-2H3. The maximum atomic E-state index is 9.20. The first-order valence-electron chi connectivity index (χ1n) is 8.06. The molecule has 23 heavy (non-hydrogen) atoms. The summed E-state index contributed by atoms with van der Waals surface area (Å²) >= 11 is 1.69. The van der Waals surface area contributed by atoms with E-state index in [9.17, 15) is 5.11 Å². The summed E-state index contributed by atoms with van der Waals surface area (Å²) in [5.41, 5.74) is 1.30. The number of hydrogen-bond acceptors (Lipinski definition) is 6. The van der Waals surface area contributed by atoms with Crippen LogP contribution in [0.4, 0.5) is 5.13 Å². The maximum Gasteiger partial charge on any atom is 0.208 e. The van der Waals surface area contributed by atoms with Crippen LogP contribution in [0, 0.1) is 0 Å². The summed E-state index contributed by atoms with van der Waals surface area (Å²) in [5, 5.41) is 20.0.